The van der Waals surface area contributed by atoms with Crippen LogP contribution in [-0.4, -0.2) is 44.2 Å². The lowest BCUT2D eigenvalue weighted by molar-refractivity contribution is -0.139. The fraction of sp³-hybridized carbons (Fsp3) is 0.238. The summed E-state index contributed by atoms with van der Waals surface area (Å²) in [6.45, 7) is 1.86. The highest BCUT2D eigenvalue weighted by Gasteiger charge is 2.17. The van der Waals surface area contributed by atoms with Crippen molar-refractivity contribution in [3.05, 3.63) is 59.4 Å². The van der Waals surface area contributed by atoms with Crippen LogP contribution in [0.3, 0.4) is 0 Å². The van der Waals surface area contributed by atoms with Gasteiger partial charge in [0.15, 0.2) is 0 Å². The predicted octanol–water partition coefficient (Wildman–Crippen LogP) is 1.51. The lowest BCUT2D eigenvalue weighted by Gasteiger charge is -2.12. The van der Waals surface area contributed by atoms with Gasteiger partial charge in [0.1, 0.15) is 12.1 Å². The maximum atomic E-state index is 11.1. The van der Waals surface area contributed by atoms with Gasteiger partial charge in [-0.25, -0.2) is 0 Å². The van der Waals surface area contributed by atoms with Crippen LogP contribution in [0.2, 0.25) is 0 Å². The minimum atomic E-state index is -1.08. The molecule has 2 heterocycles. The molecule has 0 amide bonds. The molecule has 0 aliphatic rings. The number of nitrogens with zero attached hydrogens (tertiary/aromatic N) is 2. The minimum Gasteiger partial charge on any atom is -0.480 e. The first-order chi connectivity index (χ1) is 13.8. The molecular weight excluding hydrogens is 372 g/mol. The molecule has 0 radical (unpaired) electrons. The first kappa shape index (κ1) is 20.4. The van der Waals surface area contributed by atoms with Gasteiger partial charge in [-0.1, -0.05) is 24.3 Å². The second-order valence-corrected chi connectivity index (χ2v) is 6.97. The predicted molar refractivity (Wildman–Crippen MR) is 108 cm³/mol. The fourth-order valence-electron chi connectivity index (χ4n) is 3.10. The van der Waals surface area contributed by atoms with Gasteiger partial charge in [0.25, 0.3) is 0 Å². The molecule has 1 aromatic carbocycles. The van der Waals surface area contributed by atoms with E-state index in [1.54, 1.807) is 6.20 Å². The van der Waals surface area contributed by atoms with Crippen molar-refractivity contribution in [2.24, 2.45) is 11.5 Å². The number of pyridine rings is 2. The average Bonchev–Trinajstić information content (AvgIpc) is 2.68. The van der Waals surface area contributed by atoms with E-state index in [4.69, 9.17) is 21.7 Å². The Hall–Kier alpha value is -3.36. The second kappa shape index (κ2) is 8.34. The van der Waals surface area contributed by atoms with Gasteiger partial charge < -0.3 is 21.7 Å². The molecule has 8 heteroatoms. The lowest BCUT2D eigenvalue weighted by Crippen LogP contribution is -2.32. The number of carbonyl (C=O) groups is 2. The van der Waals surface area contributed by atoms with Crippen LogP contribution in [-0.2, 0) is 22.4 Å². The third-order valence-electron chi connectivity index (χ3n) is 4.78. The van der Waals surface area contributed by atoms with Gasteiger partial charge in [-0.15, -0.1) is 0 Å². The molecule has 0 aliphatic carbocycles. The van der Waals surface area contributed by atoms with Gasteiger partial charge in [0, 0.05) is 23.7 Å². The number of rotatable bonds is 7. The summed E-state index contributed by atoms with van der Waals surface area (Å²) in [5.41, 5.74) is 14.9. The summed E-state index contributed by atoms with van der Waals surface area (Å²) in [5.74, 6) is -2.12. The number of aryl methyl sites for hydroxylation is 1. The smallest absolute Gasteiger partial charge is 0.320 e. The van der Waals surface area contributed by atoms with Gasteiger partial charge in [-0.05, 0) is 42.0 Å². The summed E-state index contributed by atoms with van der Waals surface area (Å²) in [4.78, 5) is 31.1. The van der Waals surface area contributed by atoms with E-state index in [1.165, 1.54) is 0 Å². The Labute approximate surface area is 167 Å². The van der Waals surface area contributed by atoms with Crippen molar-refractivity contribution in [3.8, 4) is 11.4 Å². The molecule has 0 saturated carbocycles. The van der Waals surface area contributed by atoms with E-state index in [9.17, 15) is 9.59 Å². The largest absolute Gasteiger partial charge is 0.480 e. The van der Waals surface area contributed by atoms with E-state index in [1.807, 2.05) is 43.3 Å². The standard InChI is InChI=1S/C21H22N4O4/c1-11-2-5-17(25-18(11)10-16(23)21(28)29)19-14-4-3-12(9-15(22)20(26)27)8-13(14)6-7-24-19/h2-8,15-16H,9-10,22-23H2,1H3,(H,26,27)(H,28,29). The lowest BCUT2D eigenvalue weighted by atomic mass is 10.00. The van der Waals surface area contributed by atoms with Crippen molar-refractivity contribution in [2.45, 2.75) is 31.8 Å². The topological polar surface area (TPSA) is 152 Å². The van der Waals surface area contributed by atoms with Crippen LogP contribution in [0.1, 0.15) is 16.8 Å². The maximum Gasteiger partial charge on any atom is 0.320 e. The van der Waals surface area contributed by atoms with E-state index in [0.29, 0.717) is 17.1 Å². The molecule has 29 heavy (non-hydrogen) atoms. The van der Waals surface area contributed by atoms with E-state index in [0.717, 1.165) is 21.9 Å². The molecule has 150 valence electrons. The van der Waals surface area contributed by atoms with Crippen LogP contribution in [0, 0.1) is 6.92 Å². The Balaban J connectivity index is 1.99. The van der Waals surface area contributed by atoms with E-state index in [-0.39, 0.29) is 12.8 Å². The Bertz CT molecular complexity index is 1080. The first-order valence-corrected chi connectivity index (χ1v) is 9.07. The first-order valence-electron chi connectivity index (χ1n) is 9.07. The van der Waals surface area contributed by atoms with Crippen molar-refractivity contribution in [3.63, 3.8) is 0 Å². The Morgan fingerprint density at radius 1 is 1.00 bits per heavy atom. The molecule has 0 bridgehead atoms. The summed E-state index contributed by atoms with van der Waals surface area (Å²) in [7, 11) is 0. The van der Waals surface area contributed by atoms with Crippen molar-refractivity contribution in [2.75, 3.05) is 0 Å². The molecule has 0 fully saturated rings. The number of carboxylic acid groups (broad SMARTS) is 2. The third-order valence-corrected chi connectivity index (χ3v) is 4.78. The van der Waals surface area contributed by atoms with Crippen LogP contribution in [0.15, 0.2) is 42.6 Å². The second-order valence-electron chi connectivity index (χ2n) is 6.97. The van der Waals surface area contributed by atoms with Crippen molar-refractivity contribution >= 4 is 22.7 Å². The summed E-state index contributed by atoms with van der Waals surface area (Å²) >= 11 is 0. The molecule has 3 aromatic rings. The van der Waals surface area contributed by atoms with Gasteiger partial charge in [0.05, 0.1) is 11.4 Å². The molecule has 8 nitrogen and oxygen atoms in total. The van der Waals surface area contributed by atoms with E-state index in [2.05, 4.69) is 9.97 Å². The van der Waals surface area contributed by atoms with Gasteiger partial charge in [0.2, 0.25) is 0 Å². The summed E-state index contributed by atoms with van der Waals surface area (Å²) in [5, 5.41) is 19.8. The average molecular weight is 394 g/mol. The zero-order valence-electron chi connectivity index (χ0n) is 15.9. The van der Waals surface area contributed by atoms with E-state index < -0.39 is 24.0 Å². The number of carboxylic acids is 2. The normalized spacial score (nSPS) is 13.2. The number of aromatic nitrogens is 2. The number of benzene rings is 1. The SMILES string of the molecule is Cc1ccc(-c2nccc3cc(CC(N)C(=O)O)ccc23)nc1CC(N)C(=O)O. The Morgan fingerprint density at radius 3 is 2.38 bits per heavy atom. The summed E-state index contributed by atoms with van der Waals surface area (Å²) < 4.78 is 0. The highest BCUT2D eigenvalue weighted by atomic mass is 16.4. The number of fused-ring (bicyclic) bond motifs is 1. The number of nitrogens with two attached hydrogens (primary N) is 2. The molecule has 0 spiro atoms. The zero-order chi connectivity index (χ0) is 21.1. The van der Waals surface area contributed by atoms with Gasteiger partial charge >= 0.3 is 11.9 Å². The van der Waals surface area contributed by atoms with Crippen LogP contribution in [0.25, 0.3) is 22.2 Å². The third kappa shape index (κ3) is 4.56. The highest BCUT2D eigenvalue weighted by molar-refractivity contribution is 5.94. The van der Waals surface area contributed by atoms with Crippen molar-refractivity contribution < 1.29 is 19.8 Å². The highest BCUT2D eigenvalue weighted by Crippen LogP contribution is 2.27. The Morgan fingerprint density at radius 2 is 1.69 bits per heavy atom. The number of hydrogen-bond acceptors (Lipinski definition) is 6. The Kier molecular flexibility index (Phi) is 5.86. The molecule has 2 unspecified atom stereocenters. The quantitative estimate of drug-likeness (QED) is 0.470. The monoisotopic (exact) mass is 394 g/mol. The van der Waals surface area contributed by atoms with Crippen molar-refractivity contribution in [1.82, 2.24) is 9.97 Å². The van der Waals surface area contributed by atoms with Crippen LogP contribution < -0.4 is 11.5 Å². The fourth-order valence-corrected chi connectivity index (χ4v) is 3.10. The zero-order valence-corrected chi connectivity index (χ0v) is 15.9. The van der Waals surface area contributed by atoms with Crippen LogP contribution in [0.4, 0.5) is 0 Å². The molecule has 2 atom stereocenters. The van der Waals surface area contributed by atoms with Gasteiger partial charge in [-0.2, -0.15) is 0 Å². The summed E-state index contributed by atoms with van der Waals surface area (Å²) in [6, 6.07) is 9.13. The van der Waals surface area contributed by atoms with Gasteiger partial charge in [-0.3, -0.25) is 19.6 Å². The maximum absolute atomic E-state index is 11.1. The van der Waals surface area contributed by atoms with E-state index >= 15 is 0 Å². The van der Waals surface area contributed by atoms with Crippen LogP contribution >= 0.6 is 0 Å². The summed E-state index contributed by atoms with van der Waals surface area (Å²) in [6.07, 6.45) is 2.00. The molecule has 3 rings (SSSR count). The van der Waals surface area contributed by atoms with Crippen LogP contribution in [0.5, 0.6) is 0 Å². The number of hydrogen-bond donors (Lipinski definition) is 4. The molecule has 0 aliphatic heterocycles. The molecule has 0 saturated heterocycles. The van der Waals surface area contributed by atoms with Crippen molar-refractivity contribution in [1.29, 1.82) is 0 Å². The minimum absolute atomic E-state index is 0.122. The molecular formula is C21H22N4O4. The molecule has 2 aromatic heterocycles. The molecule has 6 N–H and O–H groups in total. The number of aliphatic carboxylic acids is 2.